The largest absolute Gasteiger partial charge is 0.344 e. The minimum Gasteiger partial charge on any atom is -0.344 e. The van der Waals surface area contributed by atoms with Gasteiger partial charge in [-0.3, -0.25) is 19.6 Å². The molecule has 156 valence electrons. The first-order chi connectivity index (χ1) is 13.5. The molecular formula is C22H37N5O. The average Bonchev–Trinajstić information content (AvgIpc) is 2.73. The number of likely N-dealkylation sites (tertiary alicyclic amines) is 2. The predicted octanol–water partition coefficient (Wildman–Crippen LogP) is 1.78. The molecule has 2 fully saturated rings. The molecule has 0 N–H and O–H groups in total. The van der Waals surface area contributed by atoms with Crippen molar-refractivity contribution in [1.82, 2.24) is 24.6 Å². The summed E-state index contributed by atoms with van der Waals surface area (Å²) in [5.74, 6) is 0.512. The fourth-order valence-corrected chi connectivity index (χ4v) is 4.50. The van der Waals surface area contributed by atoms with Gasteiger partial charge in [0.25, 0.3) is 0 Å². The van der Waals surface area contributed by atoms with E-state index in [-0.39, 0.29) is 5.92 Å². The summed E-state index contributed by atoms with van der Waals surface area (Å²) >= 11 is 0. The molecule has 1 aromatic rings. The van der Waals surface area contributed by atoms with Gasteiger partial charge >= 0.3 is 0 Å². The zero-order valence-corrected chi connectivity index (χ0v) is 17.9. The van der Waals surface area contributed by atoms with E-state index in [4.69, 9.17) is 0 Å². The van der Waals surface area contributed by atoms with Crippen molar-refractivity contribution < 1.29 is 4.79 Å². The van der Waals surface area contributed by atoms with Crippen molar-refractivity contribution in [3.8, 4) is 0 Å². The fourth-order valence-electron chi connectivity index (χ4n) is 4.50. The van der Waals surface area contributed by atoms with E-state index in [1.165, 1.54) is 18.4 Å². The Morgan fingerprint density at radius 3 is 2.46 bits per heavy atom. The van der Waals surface area contributed by atoms with E-state index in [0.717, 1.165) is 58.7 Å². The van der Waals surface area contributed by atoms with Crippen LogP contribution in [0.3, 0.4) is 0 Å². The number of likely N-dealkylation sites (N-methyl/N-ethyl adjacent to an activating group) is 2. The third-order valence-electron chi connectivity index (χ3n) is 6.29. The highest BCUT2D eigenvalue weighted by Gasteiger charge is 2.32. The van der Waals surface area contributed by atoms with Crippen molar-refractivity contribution in [2.45, 2.75) is 38.3 Å². The lowest BCUT2D eigenvalue weighted by atomic mass is 9.93. The van der Waals surface area contributed by atoms with Crippen LogP contribution in [0, 0.1) is 5.92 Å². The van der Waals surface area contributed by atoms with Crippen LogP contribution in [0.2, 0.25) is 0 Å². The summed E-state index contributed by atoms with van der Waals surface area (Å²) < 4.78 is 0. The third kappa shape index (κ3) is 6.00. The summed E-state index contributed by atoms with van der Waals surface area (Å²) in [6, 6.07) is 4.86. The monoisotopic (exact) mass is 387 g/mol. The van der Waals surface area contributed by atoms with Gasteiger partial charge in [-0.2, -0.15) is 0 Å². The van der Waals surface area contributed by atoms with Gasteiger partial charge < -0.3 is 9.80 Å². The van der Waals surface area contributed by atoms with E-state index in [1.54, 1.807) is 0 Å². The van der Waals surface area contributed by atoms with Crippen molar-refractivity contribution >= 4 is 5.91 Å². The highest BCUT2D eigenvalue weighted by Crippen LogP contribution is 2.25. The molecule has 0 radical (unpaired) electrons. The lowest BCUT2D eigenvalue weighted by Gasteiger charge is -2.42. The first-order valence-electron chi connectivity index (χ1n) is 10.8. The number of amides is 1. The van der Waals surface area contributed by atoms with Crippen molar-refractivity contribution in [2.75, 3.05) is 60.4 Å². The molecule has 0 spiro atoms. The van der Waals surface area contributed by atoms with Crippen LogP contribution in [-0.2, 0) is 11.3 Å². The van der Waals surface area contributed by atoms with Crippen LogP contribution in [0.4, 0.5) is 0 Å². The molecular weight excluding hydrogens is 350 g/mol. The van der Waals surface area contributed by atoms with Crippen LogP contribution >= 0.6 is 0 Å². The van der Waals surface area contributed by atoms with Gasteiger partial charge in [0.15, 0.2) is 0 Å². The lowest BCUT2D eigenvalue weighted by molar-refractivity contribution is -0.136. The average molecular weight is 388 g/mol. The van der Waals surface area contributed by atoms with Crippen LogP contribution in [-0.4, -0.2) is 96.9 Å². The fraction of sp³-hybridized carbons (Fsp3) is 0.727. The smallest absolute Gasteiger partial charge is 0.226 e. The van der Waals surface area contributed by atoms with Crippen molar-refractivity contribution in [2.24, 2.45) is 5.92 Å². The molecule has 6 heteroatoms. The maximum atomic E-state index is 12.9. The number of piperidine rings is 2. The summed E-state index contributed by atoms with van der Waals surface area (Å²) in [5, 5.41) is 0. The molecule has 0 saturated carbocycles. The predicted molar refractivity (Wildman–Crippen MR) is 113 cm³/mol. The number of nitrogens with zero attached hydrogens (tertiary/aromatic N) is 5. The Hall–Kier alpha value is -1.50. The van der Waals surface area contributed by atoms with Crippen LogP contribution in [0.1, 0.15) is 31.2 Å². The Balaban J connectivity index is 1.45. The Morgan fingerprint density at radius 1 is 1.07 bits per heavy atom. The molecule has 2 saturated heterocycles. The molecule has 28 heavy (non-hydrogen) atoms. The van der Waals surface area contributed by atoms with Crippen LogP contribution in [0.5, 0.6) is 0 Å². The number of carbonyl (C=O) groups excluding carboxylic acids is 1. The molecule has 1 atom stereocenters. The maximum absolute atomic E-state index is 12.9. The zero-order valence-electron chi connectivity index (χ0n) is 17.9. The quantitative estimate of drug-likeness (QED) is 0.713. The minimum atomic E-state index is 0.177. The first-order valence-corrected chi connectivity index (χ1v) is 10.8. The van der Waals surface area contributed by atoms with Gasteiger partial charge in [0, 0.05) is 51.7 Å². The van der Waals surface area contributed by atoms with E-state index in [2.05, 4.69) is 45.9 Å². The van der Waals surface area contributed by atoms with Crippen LogP contribution < -0.4 is 0 Å². The second-order valence-electron chi connectivity index (χ2n) is 8.76. The number of aromatic nitrogens is 1. The standard InChI is InChI=1S/C22H37N5O/c1-24(2)15-16-25(3)22(28)20-5-4-12-27(18-20)21-8-13-26(14-9-21)17-19-6-10-23-11-7-19/h6-7,10-11,20-21H,4-5,8-9,12-18H2,1-3H3/t20-/m1/s1. The van der Waals surface area contributed by atoms with Crippen molar-refractivity contribution in [3.05, 3.63) is 30.1 Å². The highest BCUT2D eigenvalue weighted by molar-refractivity contribution is 5.78. The third-order valence-corrected chi connectivity index (χ3v) is 6.29. The van der Waals surface area contributed by atoms with Gasteiger partial charge in [0.2, 0.25) is 5.91 Å². The number of rotatable bonds is 7. The number of hydrogen-bond acceptors (Lipinski definition) is 5. The molecule has 6 nitrogen and oxygen atoms in total. The summed E-state index contributed by atoms with van der Waals surface area (Å²) in [5.41, 5.74) is 1.35. The van der Waals surface area contributed by atoms with Gasteiger partial charge in [-0.25, -0.2) is 0 Å². The molecule has 2 aliphatic heterocycles. The molecule has 1 aromatic heterocycles. The van der Waals surface area contributed by atoms with Crippen molar-refractivity contribution in [1.29, 1.82) is 0 Å². The van der Waals surface area contributed by atoms with E-state index < -0.39 is 0 Å². The molecule has 1 amide bonds. The summed E-state index contributed by atoms with van der Waals surface area (Å²) in [6.07, 6.45) is 8.37. The highest BCUT2D eigenvalue weighted by atomic mass is 16.2. The normalized spacial score (nSPS) is 22.5. The van der Waals surface area contributed by atoms with E-state index in [0.29, 0.717) is 11.9 Å². The minimum absolute atomic E-state index is 0.177. The summed E-state index contributed by atoms with van der Waals surface area (Å²) in [6.45, 7) is 7.15. The Labute approximate surface area is 170 Å². The lowest BCUT2D eigenvalue weighted by Crippen LogP contribution is -2.51. The molecule has 0 unspecified atom stereocenters. The van der Waals surface area contributed by atoms with Gasteiger partial charge in [0.05, 0.1) is 5.92 Å². The van der Waals surface area contributed by atoms with Gasteiger partial charge in [-0.1, -0.05) is 0 Å². The van der Waals surface area contributed by atoms with Crippen molar-refractivity contribution in [3.63, 3.8) is 0 Å². The Morgan fingerprint density at radius 2 is 1.79 bits per heavy atom. The summed E-state index contributed by atoms with van der Waals surface area (Å²) in [7, 11) is 6.08. The second kappa shape index (κ2) is 10.3. The van der Waals surface area contributed by atoms with Gasteiger partial charge in [-0.15, -0.1) is 0 Å². The zero-order chi connectivity index (χ0) is 19.9. The number of carbonyl (C=O) groups is 1. The Kier molecular flexibility index (Phi) is 7.82. The molecule has 2 aliphatic rings. The Bertz CT molecular complexity index is 600. The van der Waals surface area contributed by atoms with Crippen LogP contribution in [0.25, 0.3) is 0 Å². The van der Waals surface area contributed by atoms with Crippen LogP contribution in [0.15, 0.2) is 24.5 Å². The maximum Gasteiger partial charge on any atom is 0.226 e. The molecule has 3 heterocycles. The van der Waals surface area contributed by atoms with Gasteiger partial charge in [-0.05, 0) is 77.1 Å². The summed E-state index contributed by atoms with van der Waals surface area (Å²) in [4.78, 5) is 26.2. The van der Waals surface area contributed by atoms with E-state index in [1.807, 2.05) is 24.3 Å². The van der Waals surface area contributed by atoms with E-state index in [9.17, 15) is 4.79 Å². The topological polar surface area (TPSA) is 42.9 Å². The molecule has 0 aliphatic carbocycles. The molecule has 0 aromatic carbocycles. The second-order valence-corrected chi connectivity index (χ2v) is 8.76. The number of pyridine rings is 1. The molecule has 3 rings (SSSR count). The first kappa shape index (κ1) is 21.2. The molecule has 0 bridgehead atoms. The van der Waals surface area contributed by atoms with Gasteiger partial charge in [0.1, 0.15) is 0 Å². The van der Waals surface area contributed by atoms with E-state index >= 15 is 0 Å². The SMILES string of the molecule is CN(C)CCN(C)C(=O)[C@@H]1CCCN(C2CCN(Cc3ccncc3)CC2)C1. The number of hydrogen-bond donors (Lipinski definition) is 0.